The van der Waals surface area contributed by atoms with E-state index in [9.17, 15) is 9.90 Å². The van der Waals surface area contributed by atoms with Gasteiger partial charge in [0.05, 0.1) is 5.60 Å². The van der Waals surface area contributed by atoms with Crippen LogP contribution in [0.1, 0.15) is 49.0 Å². The van der Waals surface area contributed by atoms with Gasteiger partial charge in [0.25, 0.3) is 0 Å². The zero-order valence-electron chi connectivity index (χ0n) is 12.9. The molecule has 0 aliphatic rings. The third kappa shape index (κ3) is 5.33. The number of aliphatic hydroxyl groups is 1. The first kappa shape index (κ1) is 23.3. The van der Waals surface area contributed by atoms with Crippen molar-refractivity contribution >= 4 is 23.7 Å². The number of benzene rings is 1. The van der Waals surface area contributed by atoms with Crippen LogP contribution in [0.15, 0.2) is 29.2 Å². The van der Waals surface area contributed by atoms with Gasteiger partial charge in [0.1, 0.15) is 6.29 Å². The summed E-state index contributed by atoms with van der Waals surface area (Å²) in [5.74, 6) is 0. The predicted molar refractivity (Wildman–Crippen MR) is 99.9 cm³/mol. The topological polar surface area (TPSA) is 49.3 Å². The van der Waals surface area contributed by atoms with E-state index in [1.165, 1.54) is 0 Å². The van der Waals surface area contributed by atoms with Crippen LogP contribution in [0.2, 0.25) is 0 Å². The van der Waals surface area contributed by atoms with Gasteiger partial charge in [-0.15, -0.1) is 11.8 Å². The lowest BCUT2D eigenvalue weighted by Crippen LogP contribution is -2.46. The van der Waals surface area contributed by atoms with Crippen molar-refractivity contribution in [2.24, 2.45) is 5.41 Å². The van der Waals surface area contributed by atoms with E-state index in [0.29, 0.717) is 6.42 Å². The summed E-state index contributed by atoms with van der Waals surface area (Å²) < 4.78 is 0. The highest BCUT2D eigenvalue weighted by Gasteiger charge is 2.42. The lowest BCUT2D eigenvalue weighted by molar-refractivity contribution is -0.109. The first-order chi connectivity index (χ1) is 9.24. The van der Waals surface area contributed by atoms with Gasteiger partial charge in [-0.3, -0.25) is 0 Å². The molecule has 0 aliphatic carbocycles. The zero-order valence-corrected chi connectivity index (χ0v) is 13.8. The van der Waals surface area contributed by atoms with E-state index in [2.05, 4.69) is 5.32 Å². The fourth-order valence-electron chi connectivity index (χ4n) is 1.90. The summed E-state index contributed by atoms with van der Waals surface area (Å²) in [5.41, 5.74) is -0.207. The molecule has 0 bridgehead atoms. The molecule has 0 saturated heterocycles. The van der Waals surface area contributed by atoms with Crippen LogP contribution in [0.25, 0.3) is 0 Å². The van der Waals surface area contributed by atoms with Crippen LogP contribution < -0.4 is 5.32 Å². The number of carbonyl (C=O) groups excluding carboxylic acids is 1. The number of carbonyl (C=O) groups is 1. The molecule has 0 fully saturated rings. The van der Waals surface area contributed by atoms with Gasteiger partial charge < -0.3 is 15.2 Å². The lowest BCUT2D eigenvalue weighted by Gasteiger charge is -2.43. The largest absolute Gasteiger partial charge is 0.390 e. The number of anilines is 1. The molecular weight excluding hydrogens is 294 g/mol. The fourth-order valence-corrected chi connectivity index (χ4v) is 3.42. The molecule has 0 radical (unpaired) electrons. The summed E-state index contributed by atoms with van der Waals surface area (Å²) in [6, 6.07) is 8.01. The highest BCUT2D eigenvalue weighted by atomic mass is 32.2. The number of rotatable bonds is 7. The molecule has 128 valence electrons. The van der Waals surface area contributed by atoms with Crippen molar-refractivity contribution in [2.45, 2.75) is 64.7 Å². The van der Waals surface area contributed by atoms with Gasteiger partial charge in [-0.05, 0) is 26.0 Å². The molecule has 1 unspecified atom stereocenters. The van der Waals surface area contributed by atoms with Crippen molar-refractivity contribution in [1.29, 1.82) is 0 Å². The Balaban J connectivity index is 0. The van der Waals surface area contributed by atoms with Gasteiger partial charge in [0.2, 0.25) is 0 Å². The minimum absolute atomic E-state index is 0. The van der Waals surface area contributed by atoms with Crippen molar-refractivity contribution in [2.75, 3.05) is 12.4 Å². The van der Waals surface area contributed by atoms with Crippen molar-refractivity contribution in [3.05, 3.63) is 24.3 Å². The maximum Gasteiger partial charge on any atom is 0.121 e. The van der Waals surface area contributed by atoms with Crippen LogP contribution in [0.3, 0.4) is 0 Å². The maximum absolute atomic E-state index is 11.0. The zero-order chi connectivity index (χ0) is 15.4. The molecule has 1 atom stereocenters. The van der Waals surface area contributed by atoms with Gasteiger partial charge in [0, 0.05) is 34.7 Å². The molecule has 0 amide bonds. The second-order valence-corrected chi connectivity index (χ2v) is 7.28. The average Bonchev–Trinajstić information content (AvgIpc) is 2.37. The van der Waals surface area contributed by atoms with Crippen LogP contribution in [0.5, 0.6) is 0 Å². The fraction of sp³-hybridized carbons (Fsp3) is 0.611. The molecule has 22 heavy (non-hydrogen) atoms. The predicted octanol–water partition coefficient (Wildman–Crippen LogP) is 4.85. The Kier molecular flexibility index (Phi) is 9.74. The summed E-state index contributed by atoms with van der Waals surface area (Å²) >= 11 is 1.64. The SMILES string of the molecule is C.C.CNc1ccccc1SC(CC=O)C(C)(C)C(C)(C)O. The Hall–Kier alpha value is -1.00. The molecule has 3 nitrogen and oxygen atoms in total. The second-order valence-electron chi connectivity index (χ2n) is 6.04. The van der Waals surface area contributed by atoms with Gasteiger partial charge >= 0.3 is 0 Å². The lowest BCUT2D eigenvalue weighted by atomic mass is 9.73. The summed E-state index contributed by atoms with van der Waals surface area (Å²) in [4.78, 5) is 12.1. The van der Waals surface area contributed by atoms with Crippen molar-refractivity contribution < 1.29 is 9.90 Å². The molecule has 1 aromatic rings. The molecule has 0 aliphatic heterocycles. The summed E-state index contributed by atoms with van der Waals surface area (Å²) in [6.07, 6.45) is 1.35. The average molecular weight is 328 g/mol. The van der Waals surface area contributed by atoms with E-state index in [1.54, 1.807) is 25.6 Å². The third-order valence-electron chi connectivity index (χ3n) is 4.12. The first-order valence-corrected chi connectivity index (χ1v) is 7.71. The number of thioether (sulfide) groups is 1. The van der Waals surface area contributed by atoms with E-state index in [4.69, 9.17) is 0 Å². The summed E-state index contributed by atoms with van der Waals surface area (Å²) in [7, 11) is 1.88. The van der Waals surface area contributed by atoms with E-state index < -0.39 is 5.60 Å². The molecule has 0 aromatic heterocycles. The minimum atomic E-state index is -0.859. The monoisotopic (exact) mass is 327 g/mol. The highest BCUT2D eigenvalue weighted by molar-refractivity contribution is 8.00. The van der Waals surface area contributed by atoms with Crippen LogP contribution in [-0.4, -0.2) is 29.3 Å². The van der Waals surface area contributed by atoms with Crippen LogP contribution >= 0.6 is 11.8 Å². The highest BCUT2D eigenvalue weighted by Crippen LogP contribution is 2.45. The van der Waals surface area contributed by atoms with Crippen molar-refractivity contribution in [1.82, 2.24) is 0 Å². The Bertz CT molecular complexity index is 453. The molecule has 4 heteroatoms. The number of aldehydes is 1. The van der Waals surface area contributed by atoms with E-state index >= 15 is 0 Å². The van der Waals surface area contributed by atoms with Crippen LogP contribution in [0.4, 0.5) is 5.69 Å². The summed E-state index contributed by atoms with van der Waals surface area (Å²) in [5, 5.41) is 13.6. The third-order valence-corrected chi connectivity index (χ3v) is 5.79. The Morgan fingerprint density at radius 3 is 2.23 bits per heavy atom. The number of hydrogen-bond acceptors (Lipinski definition) is 4. The van der Waals surface area contributed by atoms with E-state index in [0.717, 1.165) is 16.9 Å². The van der Waals surface area contributed by atoms with Gasteiger partial charge in [-0.1, -0.05) is 40.8 Å². The number of nitrogens with one attached hydrogen (secondary N) is 1. The van der Waals surface area contributed by atoms with Gasteiger partial charge in [0.15, 0.2) is 0 Å². The Morgan fingerprint density at radius 1 is 1.23 bits per heavy atom. The number of hydrogen-bond donors (Lipinski definition) is 2. The van der Waals surface area contributed by atoms with E-state index in [-0.39, 0.29) is 25.5 Å². The van der Waals surface area contributed by atoms with Crippen molar-refractivity contribution in [3.63, 3.8) is 0 Å². The molecular formula is C18H33NO2S. The van der Waals surface area contributed by atoms with Gasteiger partial charge in [-0.25, -0.2) is 0 Å². The van der Waals surface area contributed by atoms with Crippen LogP contribution in [0, 0.1) is 5.41 Å². The normalized spacial score (nSPS) is 12.6. The summed E-state index contributed by atoms with van der Waals surface area (Å²) in [6.45, 7) is 7.62. The molecule has 0 saturated carbocycles. The Labute approximate surface area is 140 Å². The Morgan fingerprint density at radius 2 is 1.77 bits per heavy atom. The smallest absolute Gasteiger partial charge is 0.121 e. The van der Waals surface area contributed by atoms with Crippen LogP contribution in [-0.2, 0) is 4.79 Å². The quantitative estimate of drug-likeness (QED) is 0.555. The standard InChI is InChI=1S/C16H25NO2S.2CH4/c1-15(2,16(3,4)19)14(10-11-18)20-13-9-7-6-8-12(13)17-5;;/h6-9,11,14,17,19H,10H2,1-5H3;2*1H4. The van der Waals surface area contributed by atoms with Crippen molar-refractivity contribution in [3.8, 4) is 0 Å². The number of para-hydroxylation sites is 1. The maximum atomic E-state index is 11.0. The molecule has 0 spiro atoms. The van der Waals surface area contributed by atoms with Gasteiger partial charge in [-0.2, -0.15) is 0 Å². The molecule has 2 N–H and O–H groups in total. The minimum Gasteiger partial charge on any atom is -0.390 e. The first-order valence-electron chi connectivity index (χ1n) is 6.83. The second kappa shape index (κ2) is 9.21. The molecule has 1 aromatic carbocycles. The molecule has 0 heterocycles. The van der Waals surface area contributed by atoms with E-state index in [1.807, 2.05) is 45.2 Å². The molecule has 1 rings (SSSR count).